The molecule has 14 nitrogen and oxygen atoms in total. The van der Waals surface area contributed by atoms with E-state index in [4.69, 9.17) is 20.4 Å². The van der Waals surface area contributed by atoms with Crippen LogP contribution in [0.25, 0.3) is 11.1 Å². The highest BCUT2D eigenvalue weighted by Crippen LogP contribution is 2.35. The van der Waals surface area contributed by atoms with Crippen LogP contribution in [0.15, 0.2) is 228 Å². The van der Waals surface area contributed by atoms with E-state index < -0.39 is 41.5 Å². The lowest BCUT2D eigenvalue weighted by Crippen LogP contribution is -2.71. The fourth-order valence-electron chi connectivity index (χ4n) is 7.12. The van der Waals surface area contributed by atoms with E-state index in [-0.39, 0.29) is 22.2 Å². The number of aliphatic hydroxyl groups excluding tert-OH is 4. The molecule has 0 saturated carbocycles. The van der Waals surface area contributed by atoms with Crippen LogP contribution in [-0.2, 0) is 31.3 Å². The Bertz CT molecular complexity index is 2540. The predicted octanol–water partition coefficient (Wildman–Crippen LogP) is 5.45. The first-order valence-electron chi connectivity index (χ1n) is 21.0. The summed E-state index contributed by atoms with van der Waals surface area (Å²) in [4.78, 5) is -1.77. The second kappa shape index (κ2) is 29.1. The number of hydrogen-bond acceptors (Lipinski definition) is 12. The van der Waals surface area contributed by atoms with Crippen molar-refractivity contribution in [2.75, 3.05) is 28.4 Å². The van der Waals surface area contributed by atoms with E-state index in [2.05, 4.69) is 157 Å². The highest BCUT2D eigenvalue weighted by Gasteiger charge is 2.37. The second-order valence-electron chi connectivity index (χ2n) is 14.3. The molecule has 0 aromatic heterocycles. The first-order chi connectivity index (χ1) is 33.6. The Hall–Kier alpha value is -7.06. The molecule has 70 heavy (non-hydrogen) atoms. The van der Waals surface area contributed by atoms with Crippen molar-refractivity contribution in [1.29, 1.82) is 0 Å². The largest absolute Gasteiger partial charge is 0.744 e. The molecule has 12 N–H and O–H groups in total. The third-order valence-electron chi connectivity index (χ3n) is 10.4. The summed E-state index contributed by atoms with van der Waals surface area (Å²) in [6.07, 6.45) is 0. The van der Waals surface area contributed by atoms with Crippen LogP contribution in [0.3, 0.4) is 0 Å². The number of aromatic hydroxyl groups is 2. The predicted molar refractivity (Wildman–Crippen MR) is 268 cm³/mol. The number of phenolic OH excluding ortho intramolecular Hbond substituents is 2. The Labute approximate surface area is 410 Å². The topological polar surface area (TPSA) is 291 Å². The molecule has 0 saturated heterocycles. The molecule has 0 spiro atoms. The molecule has 0 atom stereocenters. The van der Waals surface area contributed by atoms with Crippen molar-refractivity contribution in [3.8, 4) is 22.6 Å². The molecule has 0 heterocycles. The molecule has 8 aromatic carbocycles. The number of quaternary nitrogens is 2. The average Bonchev–Trinajstić information content (AvgIpc) is 3.42. The standard InChI is InChI=1S/2C19H17N.C12H10O8S2.4CH4O/c2*20-19(16-10-4-1-5-11-16,17-12-6-2-7-13-17)18-14-8-3-9-15-18;13-9-3-1-7(5-11(9)21(15,16)17)8-2-4-10(14)12(6-8)22(18,19)20;4*1-2/h2*1-15H,20H2;1-6,13-14H,(H,15,16,17)(H,18,19,20);4*2H,1H3. The first-order valence-corrected chi connectivity index (χ1v) is 23.9. The lowest BCUT2D eigenvalue weighted by molar-refractivity contribution is -0.455. The third-order valence-corrected chi connectivity index (χ3v) is 12.1. The highest BCUT2D eigenvalue weighted by molar-refractivity contribution is 7.86. The van der Waals surface area contributed by atoms with Gasteiger partial charge < -0.3 is 51.2 Å². The van der Waals surface area contributed by atoms with Gasteiger partial charge in [-0.1, -0.05) is 194 Å². The van der Waals surface area contributed by atoms with E-state index in [0.717, 1.165) is 52.7 Å². The normalized spacial score (nSPS) is 10.6. The molecule has 370 valence electrons. The van der Waals surface area contributed by atoms with Gasteiger partial charge in [0.15, 0.2) is 11.1 Å². The second-order valence-corrected chi connectivity index (χ2v) is 17.0. The number of hydrogen-bond donors (Lipinski definition) is 8. The highest BCUT2D eigenvalue weighted by atomic mass is 32.2. The molecule has 0 fully saturated rings. The number of aliphatic hydroxyl groups is 4. The van der Waals surface area contributed by atoms with Crippen molar-refractivity contribution in [3.63, 3.8) is 0 Å². The Morgan fingerprint density at radius 3 is 0.657 bits per heavy atom. The van der Waals surface area contributed by atoms with Gasteiger partial charge in [0.25, 0.3) is 0 Å². The van der Waals surface area contributed by atoms with E-state index in [1.807, 2.05) is 36.4 Å². The molecule has 0 unspecified atom stereocenters. The van der Waals surface area contributed by atoms with Gasteiger partial charge in [-0.25, -0.2) is 16.8 Å². The minimum absolute atomic E-state index is 0.0668. The summed E-state index contributed by atoms with van der Waals surface area (Å²) in [5.74, 6) is -1.51. The molecule has 8 rings (SSSR count). The average molecular weight is 993 g/mol. The summed E-state index contributed by atoms with van der Waals surface area (Å²) in [5, 5.41) is 46.8. The van der Waals surface area contributed by atoms with Gasteiger partial charge in [0.05, 0.1) is 9.79 Å². The molecule has 0 aliphatic rings. The monoisotopic (exact) mass is 992 g/mol. The molecule has 0 aliphatic heterocycles. The number of phenols is 2. The maximum atomic E-state index is 11.0. The SMILES string of the molecule is CO.CO.CO.CO.O=S(=O)([O-])c1cc(-c2ccc(O)c(S(=O)(=O)[O-])c2)ccc1O.[NH3+]C(c1ccccc1)(c1ccccc1)c1ccccc1.[NH3+]C(c1ccccc1)(c1ccccc1)c1ccccc1. The van der Waals surface area contributed by atoms with Crippen LogP contribution in [0, 0.1) is 0 Å². The lowest BCUT2D eigenvalue weighted by Gasteiger charge is -2.27. The number of benzene rings is 8. The first kappa shape index (κ1) is 59.1. The van der Waals surface area contributed by atoms with Crippen LogP contribution < -0.4 is 11.5 Å². The van der Waals surface area contributed by atoms with Crippen molar-refractivity contribution in [2.45, 2.75) is 20.9 Å². The molecule has 16 heteroatoms. The Morgan fingerprint density at radius 2 is 0.500 bits per heavy atom. The van der Waals surface area contributed by atoms with Crippen LogP contribution in [0.1, 0.15) is 33.4 Å². The quantitative estimate of drug-likeness (QED) is 0.0662. The zero-order chi connectivity index (χ0) is 52.4. The maximum Gasteiger partial charge on any atom is 0.172 e. The molecular weight excluding hydrogens is 933 g/mol. The Morgan fingerprint density at radius 1 is 0.329 bits per heavy atom. The lowest BCUT2D eigenvalue weighted by atomic mass is 9.78. The summed E-state index contributed by atoms with van der Waals surface area (Å²) in [7, 11) is -5.88. The van der Waals surface area contributed by atoms with Gasteiger partial charge in [-0.05, 0) is 35.4 Å². The summed E-state index contributed by atoms with van der Waals surface area (Å²) in [6.45, 7) is 0. The Kier molecular flexibility index (Phi) is 24.5. The van der Waals surface area contributed by atoms with Gasteiger partial charge in [0, 0.05) is 61.8 Å². The fourth-order valence-corrected chi connectivity index (χ4v) is 8.31. The van der Waals surface area contributed by atoms with E-state index in [9.17, 15) is 36.2 Å². The maximum absolute atomic E-state index is 11.0. The summed E-state index contributed by atoms with van der Waals surface area (Å²) < 4.78 is 66.1. The van der Waals surface area contributed by atoms with E-state index in [1.165, 1.54) is 45.5 Å². The third kappa shape index (κ3) is 15.5. The van der Waals surface area contributed by atoms with Crippen molar-refractivity contribution >= 4 is 20.2 Å². The molecular formula is C54H60N2O12S2. The Balaban J connectivity index is 0.000000336. The zero-order valence-electron chi connectivity index (χ0n) is 39.1. The molecule has 0 amide bonds. The van der Waals surface area contributed by atoms with Crippen molar-refractivity contribution in [1.82, 2.24) is 0 Å². The summed E-state index contributed by atoms with van der Waals surface area (Å²) in [5.41, 5.74) is 15.8. The summed E-state index contributed by atoms with van der Waals surface area (Å²) in [6, 6.07) is 68.8. The van der Waals surface area contributed by atoms with Gasteiger partial charge >= 0.3 is 0 Å². The zero-order valence-corrected chi connectivity index (χ0v) is 40.8. The molecule has 0 aliphatic carbocycles. The van der Waals surface area contributed by atoms with Gasteiger partial charge in [-0.15, -0.1) is 0 Å². The van der Waals surface area contributed by atoms with Crippen LogP contribution in [0.4, 0.5) is 0 Å². The van der Waals surface area contributed by atoms with Crippen molar-refractivity contribution in [2.24, 2.45) is 0 Å². The minimum atomic E-state index is -4.94. The molecule has 8 aromatic rings. The van der Waals surface area contributed by atoms with Crippen molar-refractivity contribution in [3.05, 3.63) is 252 Å². The van der Waals surface area contributed by atoms with Crippen LogP contribution in [-0.4, -0.2) is 85.0 Å². The van der Waals surface area contributed by atoms with E-state index >= 15 is 0 Å². The van der Waals surface area contributed by atoms with E-state index in [1.54, 1.807) is 0 Å². The van der Waals surface area contributed by atoms with Crippen molar-refractivity contribution < 1.29 is 68.0 Å². The van der Waals surface area contributed by atoms with Gasteiger partial charge in [-0.3, -0.25) is 0 Å². The molecule has 0 bridgehead atoms. The van der Waals surface area contributed by atoms with Crippen LogP contribution in [0.5, 0.6) is 11.5 Å². The van der Waals surface area contributed by atoms with Gasteiger partial charge in [0.2, 0.25) is 0 Å². The van der Waals surface area contributed by atoms with Gasteiger partial charge in [0.1, 0.15) is 31.7 Å². The molecule has 0 radical (unpaired) electrons. The number of rotatable bonds is 9. The van der Waals surface area contributed by atoms with Crippen LogP contribution in [0.2, 0.25) is 0 Å². The van der Waals surface area contributed by atoms with Crippen LogP contribution >= 0.6 is 0 Å². The minimum Gasteiger partial charge on any atom is -0.744 e. The fraction of sp³-hybridized carbons (Fsp3) is 0.111. The summed E-state index contributed by atoms with van der Waals surface area (Å²) >= 11 is 0. The van der Waals surface area contributed by atoms with Gasteiger partial charge in [-0.2, -0.15) is 0 Å². The smallest absolute Gasteiger partial charge is 0.172 e. The van der Waals surface area contributed by atoms with E-state index in [0.29, 0.717) is 0 Å².